The largest absolute Gasteiger partial charge is 0.380 e. The molecule has 0 aromatic carbocycles. The highest BCUT2D eigenvalue weighted by molar-refractivity contribution is 4.97. The van der Waals surface area contributed by atoms with Gasteiger partial charge in [0.1, 0.15) is 0 Å². The minimum absolute atomic E-state index is 0.204. The molecular weight excluding hydrogens is 150 g/mol. The topological polar surface area (TPSA) is 21.3 Å². The fourth-order valence-electron chi connectivity index (χ4n) is 0.873. The second-order valence-electron chi connectivity index (χ2n) is 2.69. The van der Waals surface area contributed by atoms with Crippen LogP contribution in [0.15, 0.2) is 0 Å². The molecule has 0 saturated heterocycles. The van der Waals surface area contributed by atoms with Crippen molar-refractivity contribution >= 4 is 0 Å². The van der Waals surface area contributed by atoms with Gasteiger partial charge in [-0.25, -0.2) is 0 Å². The minimum atomic E-state index is 0.204. The van der Waals surface area contributed by atoms with Gasteiger partial charge in [-0.15, -0.1) is 6.42 Å². The van der Waals surface area contributed by atoms with Crippen LogP contribution in [-0.4, -0.2) is 25.8 Å². The number of ether oxygens (including phenoxy) is 1. The van der Waals surface area contributed by atoms with Crippen molar-refractivity contribution in [2.45, 2.75) is 32.7 Å². The molecular formula is C10H19NO. The van der Waals surface area contributed by atoms with E-state index in [0.29, 0.717) is 0 Å². The van der Waals surface area contributed by atoms with Gasteiger partial charge < -0.3 is 10.1 Å². The van der Waals surface area contributed by atoms with Gasteiger partial charge in [0.15, 0.2) is 0 Å². The lowest BCUT2D eigenvalue weighted by Gasteiger charge is -2.09. The first-order valence-electron chi connectivity index (χ1n) is 4.62. The van der Waals surface area contributed by atoms with Gasteiger partial charge in [-0.2, -0.15) is 0 Å². The third kappa shape index (κ3) is 6.21. The number of hydrogen-bond donors (Lipinski definition) is 1. The summed E-state index contributed by atoms with van der Waals surface area (Å²) in [4.78, 5) is 0. The molecule has 2 heteroatoms. The Labute approximate surface area is 75.7 Å². The first kappa shape index (κ1) is 11.5. The van der Waals surface area contributed by atoms with Gasteiger partial charge >= 0.3 is 0 Å². The number of rotatable bonds is 7. The van der Waals surface area contributed by atoms with Crippen molar-refractivity contribution in [2.24, 2.45) is 0 Å². The number of hydrogen-bond acceptors (Lipinski definition) is 2. The quantitative estimate of drug-likeness (QED) is 0.459. The lowest BCUT2D eigenvalue weighted by atomic mass is 10.2. The third-order valence-corrected chi connectivity index (χ3v) is 1.60. The Balaban J connectivity index is 3.13. The zero-order valence-electron chi connectivity index (χ0n) is 8.10. The van der Waals surface area contributed by atoms with Gasteiger partial charge in [0.05, 0.1) is 12.6 Å². The van der Waals surface area contributed by atoms with Crippen molar-refractivity contribution in [1.29, 1.82) is 0 Å². The second-order valence-corrected chi connectivity index (χ2v) is 2.69. The predicted octanol–water partition coefficient (Wildman–Crippen LogP) is 1.41. The van der Waals surface area contributed by atoms with E-state index < -0.39 is 0 Å². The first-order valence-corrected chi connectivity index (χ1v) is 4.62. The van der Waals surface area contributed by atoms with Gasteiger partial charge in [0.25, 0.3) is 0 Å². The molecule has 0 heterocycles. The average molecular weight is 169 g/mol. The molecule has 0 fully saturated rings. The Morgan fingerprint density at radius 2 is 2.17 bits per heavy atom. The molecule has 0 spiro atoms. The number of terminal acetylenes is 1. The summed E-state index contributed by atoms with van der Waals surface area (Å²) in [7, 11) is 0. The standard InChI is InChI=1S/C10H19NO/c1-4-8-12-9-7-11-10(5-2)6-3/h2,10-11H,4,6-9H2,1,3H3. The molecule has 0 amide bonds. The summed E-state index contributed by atoms with van der Waals surface area (Å²) < 4.78 is 5.29. The molecule has 0 aliphatic heterocycles. The molecule has 70 valence electrons. The van der Waals surface area contributed by atoms with Crippen LogP contribution in [0.4, 0.5) is 0 Å². The second kappa shape index (κ2) is 8.58. The van der Waals surface area contributed by atoms with Crippen LogP contribution >= 0.6 is 0 Å². The van der Waals surface area contributed by atoms with Crippen LogP contribution in [0.25, 0.3) is 0 Å². The van der Waals surface area contributed by atoms with E-state index in [1.165, 1.54) is 0 Å². The summed E-state index contributed by atoms with van der Waals surface area (Å²) in [6, 6.07) is 0.204. The summed E-state index contributed by atoms with van der Waals surface area (Å²) in [5.41, 5.74) is 0. The van der Waals surface area contributed by atoms with Gasteiger partial charge in [0, 0.05) is 13.2 Å². The fraction of sp³-hybridized carbons (Fsp3) is 0.800. The maximum absolute atomic E-state index is 5.29. The molecule has 12 heavy (non-hydrogen) atoms. The van der Waals surface area contributed by atoms with Crippen LogP contribution in [0, 0.1) is 12.3 Å². The van der Waals surface area contributed by atoms with Crippen LogP contribution in [0.2, 0.25) is 0 Å². The normalized spacial score (nSPS) is 12.4. The summed E-state index contributed by atoms with van der Waals surface area (Å²) in [6.45, 7) is 6.62. The molecule has 1 N–H and O–H groups in total. The predicted molar refractivity (Wildman–Crippen MR) is 52.0 cm³/mol. The maximum atomic E-state index is 5.29. The molecule has 0 saturated carbocycles. The summed E-state index contributed by atoms with van der Waals surface area (Å²) in [5.74, 6) is 2.68. The molecule has 0 aliphatic carbocycles. The Hall–Kier alpha value is -0.520. The number of nitrogens with one attached hydrogen (secondary N) is 1. The van der Waals surface area contributed by atoms with Crippen LogP contribution in [0.3, 0.4) is 0 Å². The summed E-state index contributed by atoms with van der Waals surface area (Å²) in [5, 5.41) is 3.22. The van der Waals surface area contributed by atoms with Crippen molar-refractivity contribution < 1.29 is 4.74 Å². The average Bonchev–Trinajstić information content (AvgIpc) is 2.11. The van der Waals surface area contributed by atoms with Crippen molar-refractivity contribution in [3.8, 4) is 12.3 Å². The molecule has 2 nitrogen and oxygen atoms in total. The highest BCUT2D eigenvalue weighted by Crippen LogP contribution is 1.86. The molecule has 0 rings (SSSR count). The summed E-state index contributed by atoms with van der Waals surface area (Å²) >= 11 is 0. The first-order chi connectivity index (χ1) is 5.85. The smallest absolute Gasteiger partial charge is 0.0685 e. The zero-order chi connectivity index (χ0) is 9.23. The molecule has 0 bridgehead atoms. The SMILES string of the molecule is C#CC(CC)NCCOCCC. The van der Waals surface area contributed by atoms with Crippen molar-refractivity contribution in [3.63, 3.8) is 0 Å². The fourth-order valence-corrected chi connectivity index (χ4v) is 0.873. The van der Waals surface area contributed by atoms with Crippen molar-refractivity contribution in [3.05, 3.63) is 0 Å². The van der Waals surface area contributed by atoms with E-state index in [1.807, 2.05) is 0 Å². The van der Waals surface area contributed by atoms with E-state index in [9.17, 15) is 0 Å². The van der Waals surface area contributed by atoms with E-state index in [0.717, 1.165) is 32.6 Å². The van der Waals surface area contributed by atoms with E-state index in [4.69, 9.17) is 11.2 Å². The zero-order valence-corrected chi connectivity index (χ0v) is 8.10. The molecule has 1 atom stereocenters. The van der Waals surface area contributed by atoms with Gasteiger partial charge in [-0.3, -0.25) is 0 Å². The Morgan fingerprint density at radius 1 is 1.42 bits per heavy atom. The van der Waals surface area contributed by atoms with E-state index in [1.54, 1.807) is 0 Å². The van der Waals surface area contributed by atoms with Crippen LogP contribution < -0.4 is 5.32 Å². The molecule has 0 radical (unpaired) electrons. The highest BCUT2D eigenvalue weighted by Gasteiger charge is 1.98. The van der Waals surface area contributed by atoms with Crippen LogP contribution in [0.1, 0.15) is 26.7 Å². The van der Waals surface area contributed by atoms with Crippen molar-refractivity contribution in [1.82, 2.24) is 5.32 Å². The minimum Gasteiger partial charge on any atom is -0.380 e. The van der Waals surface area contributed by atoms with Crippen molar-refractivity contribution in [2.75, 3.05) is 19.8 Å². The maximum Gasteiger partial charge on any atom is 0.0685 e. The van der Waals surface area contributed by atoms with Gasteiger partial charge in [0.2, 0.25) is 0 Å². The monoisotopic (exact) mass is 169 g/mol. The Morgan fingerprint density at radius 3 is 2.67 bits per heavy atom. The van der Waals surface area contributed by atoms with Gasteiger partial charge in [-0.1, -0.05) is 19.8 Å². The highest BCUT2D eigenvalue weighted by atomic mass is 16.5. The molecule has 0 aliphatic rings. The Kier molecular flexibility index (Phi) is 8.20. The van der Waals surface area contributed by atoms with E-state index in [2.05, 4.69) is 25.1 Å². The molecule has 1 unspecified atom stereocenters. The van der Waals surface area contributed by atoms with Crippen LogP contribution in [-0.2, 0) is 4.74 Å². The van der Waals surface area contributed by atoms with E-state index in [-0.39, 0.29) is 6.04 Å². The van der Waals surface area contributed by atoms with Gasteiger partial charge in [-0.05, 0) is 12.8 Å². The van der Waals surface area contributed by atoms with E-state index >= 15 is 0 Å². The summed E-state index contributed by atoms with van der Waals surface area (Å²) in [6.07, 6.45) is 7.32. The lowest BCUT2D eigenvalue weighted by Crippen LogP contribution is -2.30. The van der Waals surface area contributed by atoms with Crippen LogP contribution in [0.5, 0.6) is 0 Å². The Bertz CT molecular complexity index is 128. The lowest BCUT2D eigenvalue weighted by molar-refractivity contribution is 0.135. The molecule has 0 aromatic rings. The molecule has 0 aromatic heterocycles. The third-order valence-electron chi connectivity index (χ3n) is 1.60.